The van der Waals surface area contributed by atoms with Crippen LogP contribution < -0.4 is 9.47 Å². The van der Waals surface area contributed by atoms with E-state index >= 15 is 0 Å². The molecule has 0 amide bonds. The van der Waals surface area contributed by atoms with E-state index in [1.54, 1.807) is 0 Å². The van der Waals surface area contributed by atoms with Crippen molar-refractivity contribution in [1.29, 1.82) is 0 Å². The molecule has 0 bridgehead atoms. The molecule has 0 spiro atoms. The van der Waals surface area contributed by atoms with Gasteiger partial charge in [-0.1, -0.05) is 24.3 Å². The molecule has 4 nitrogen and oxygen atoms in total. The Morgan fingerprint density at radius 3 is 1.53 bits per heavy atom. The number of rotatable bonds is 7. The molecule has 1 heterocycles. The summed E-state index contributed by atoms with van der Waals surface area (Å²) in [5.74, 6) is 1.80. The molecule has 158 valence electrons. The van der Waals surface area contributed by atoms with Crippen molar-refractivity contribution in [3.05, 3.63) is 70.8 Å². The predicted molar refractivity (Wildman–Crippen MR) is 123 cm³/mol. The molecular weight excluding hydrogens is 374 g/mol. The molecule has 0 aliphatic carbocycles. The zero-order valence-corrected chi connectivity index (χ0v) is 18.4. The van der Waals surface area contributed by atoms with Crippen LogP contribution in [0.2, 0.25) is 0 Å². The van der Waals surface area contributed by atoms with Gasteiger partial charge in [-0.15, -0.1) is 0 Å². The Morgan fingerprint density at radius 1 is 0.800 bits per heavy atom. The molecule has 3 rings (SSSR count). The highest BCUT2D eigenvalue weighted by atomic mass is 16.5. The highest BCUT2D eigenvalue weighted by Gasteiger charge is 2.27. The maximum atomic E-state index is 13.2. The number of Topliss-reactive ketones (excluding diaryl/α,β-unsaturated/α-hetero) is 1. The Hall–Kier alpha value is -2.85. The molecule has 2 aromatic rings. The van der Waals surface area contributed by atoms with E-state index in [0.29, 0.717) is 32.3 Å². The molecule has 0 N–H and O–H groups in total. The van der Waals surface area contributed by atoms with Gasteiger partial charge in [0.25, 0.3) is 0 Å². The van der Waals surface area contributed by atoms with E-state index in [-0.39, 0.29) is 5.78 Å². The zero-order chi connectivity index (χ0) is 21.5. The summed E-state index contributed by atoms with van der Waals surface area (Å²) in [7, 11) is 0. The highest BCUT2D eigenvalue weighted by Crippen LogP contribution is 2.25. The standard InChI is InChI=1S/C26H31NO3/c1-5-29-24-11-7-20(8-12-24)15-22-17-27(19(3)4)18-23(26(22)28)16-21-9-13-25(14-10-21)30-6-2/h7-16,19H,5-6,17-18H2,1-4H3/b22-15-,23-16+. The Balaban J connectivity index is 1.87. The maximum Gasteiger partial charge on any atom is 0.187 e. The van der Waals surface area contributed by atoms with Crippen LogP contribution in [0.5, 0.6) is 11.5 Å². The van der Waals surface area contributed by atoms with E-state index in [2.05, 4.69) is 18.7 Å². The number of hydrogen-bond acceptors (Lipinski definition) is 4. The number of ether oxygens (including phenoxy) is 2. The zero-order valence-electron chi connectivity index (χ0n) is 18.4. The van der Waals surface area contributed by atoms with Crippen molar-refractivity contribution in [3.63, 3.8) is 0 Å². The normalized spacial score (nSPS) is 17.7. The lowest BCUT2D eigenvalue weighted by Crippen LogP contribution is -2.41. The number of nitrogens with zero attached hydrogens (tertiary/aromatic N) is 1. The van der Waals surface area contributed by atoms with Crippen molar-refractivity contribution in [2.75, 3.05) is 26.3 Å². The topological polar surface area (TPSA) is 38.8 Å². The third-order valence-electron chi connectivity index (χ3n) is 5.12. The van der Waals surface area contributed by atoms with E-state index in [4.69, 9.17) is 9.47 Å². The van der Waals surface area contributed by atoms with E-state index < -0.39 is 0 Å². The molecule has 30 heavy (non-hydrogen) atoms. The molecule has 1 aliphatic rings. The van der Waals surface area contributed by atoms with Crippen molar-refractivity contribution in [3.8, 4) is 11.5 Å². The number of piperidine rings is 1. The summed E-state index contributed by atoms with van der Waals surface area (Å²) in [5, 5.41) is 0. The van der Waals surface area contributed by atoms with Crippen LogP contribution in [-0.2, 0) is 4.79 Å². The van der Waals surface area contributed by atoms with Crippen molar-refractivity contribution < 1.29 is 14.3 Å². The molecule has 0 aromatic heterocycles. The third-order valence-corrected chi connectivity index (χ3v) is 5.12. The number of likely N-dealkylation sites (tertiary alicyclic amines) is 1. The van der Waals surface area contributed by atoms with E-state index in [1.807, 2.05) is 74.5 Å². The lowest BCUT2D eigenvalue weighted by atomic mass is 9.93. The number of carbonyl (C=O) groups excluding carboxylic acids is 1. The van der Waals surface area contributed by atoms with Gasteiger partial charge >= 0.3 is 0 Å². The van der Waals surface area contributed by atoms with Crippen LogP contribution >= 0.6 is 0 Å². The first-order valence-corrected chi connectivity index (χ1v) is 10.7. The molecule has 0 atom stereocenters. The summed E-state index contributed by atoms with van der Waals surface area (Å²) >= 11 is 0. The molecule has 1 aliphatic heterocycles. The summed E-state index contributed by atoms with van der Waals surface area (Å²) in [6.07, 6.45) is 4.00. The minimum Gasteiger partial charge on any atom is -0.494 e. The molecule has 1 saturated heterocycles. The van der Waals surface area contributed by atoms with Crippen molar-refractivity contribution in [1.82, 2.24) is 4.90 Å². The number of benzene rings is 2. The lowest BCUT2D eigenvalue weighted by molar-refractivity contribution is -0.113. The smallest absolute Gasteiger partial charge is 0.187 e. The molecule has 0 unspecified atom stereocenters. The molecule has 0 saturated carbocycles. The van der Waals surface area contributed by atoms with Crippen LogP contribution in [0, 0.1) is 0 Å². The first-order chi connectivity index (χ1) is 14.5. The monoisotopic (exact) mass is 405 g/mol. The first kappa shape index (κ1) is 21.8. The van der Waals surface area contributed by atoms with Gasteiger partial charge in [-0.3, -0.25) is 9.69 Å². The molecule has 4 heteroatoms. The van der Waals surface area contributed by atoms with Crippen LogP contribution in [0.25, 0.3) is 12.2 Å². The van der Waals surface area contributed by atoms with Gasteiger partial charge in [-0.05, 0) is 75.2 Å². The summed E-state index contributed by atoms with van der Waals surface area (Å²) in [5.41, 5.74) is 3.65. The van der Waals surface area contributed by atoms with Crippen LogP contribution in [0.15, 0.2) is 59.7 Å². The SMILES string of the molecule is CCOc1ccc(/C=C2/CN(C(C)C)C/C(=C\c3ccc(OCC)cc3)C2=O)cc1. The van der Waals surface area contributed by atoms with Crippen LogP contribution in [0.1, 0.15) is 38.8 Å². The van der Waals surface area contributed by atoms with Gasteiger partial charge in [-0.2, -0.15) is 0 Å². The van der Waals surface area contributed by atoms with Gasteiger partial charge in [0.2, 0.25) is 0 Å². The van der Waals surface area contributed by atoms with E-state index in [1.165, 1.54) is 0 Å². The summed E-state index contributed by atoms with van der Waals surface area (Å²) in [6, 6.07) is 16.1. The fourth-order valence-electron chi connectivity index (χ4n) is 3.49. The lowest BCUT2D eigenvalue weighted by Gasteiger charge is -2.32. The molecule has 0 radical (unpaired) electrons. The third kappa shape index (κ3) is 5.61. The fourth-order valence-corrected chi connectivity index (χ4v) is 3.49. The van der Waals surface area contributed by atoms with Crippen molar-refractivity contribution in [2.45, 2.75) is 33.7 Å². The number of carbonyl (C=O) groups is 1. The van der Waals surface area contributed by atoms with Gasteiger partial charge in [0.15, 0.2) is 5.78 Å². The predicted octanol–water partition coefficient (Wildman–Crippen LogP) is 5.24. The first-order valence-electron chi connectivity index (χ1n) is 10.7. The maximum absolute atomic E-state index is 13.2. The Kier molecular flexibility index (Phi) is 7.47. The summed E-state index contributed by atoms with van der Waals surface area (Å²) in [4.78, 5) is 15.6. The average molecular weight is 406 g/mol. The minimum absolute atomic E-state index is 0.120. The van der Waals surface area contributed by atoms with E-state index in [0.717, 1.165) is 33.8 Å². The largest absolute Gasteiger partial charge is 0.494 e. The van der Waals surface area contributed by atoms with Crippen LogP contribution in [0.3, 0.4) is 0 Å². The van der Waals surface area contributed by atoms with Crippen molar-refractivity contribution >= 4 is 17.9 Å². The second-order valence-electron chi connectivity index (χ2n) is 7.67. The van der Waals surface area contributed by atoms with Crippen molar-refractivity contribution in [2.24, 2.45) is 0 Å². The van der Waals surface area contributed by atoms with Gasteiger partial charge in [0.1, 0.15) is 11.5 Å². The Morgan fingerprint density at radius 2 is 1.20 bits per heavy atom. The van der Waals surface area contributed by atoms with E-state index in [9.17, 15) is 4.79 Å². The van der Waals surface area contributed by atoms with Crippen LogP contribution in [-0.4, -0.2) is 43.0 Å². The summed E-state index contributed by atoms with van der Waals surface area (Å²) < 4.78 is 11.0. The molecule has 1 fully saturated rings. The second kappa shape index (κ2) is 10.3. The average Bonchev–Trinajstić information content (AvgIpc) is 2.74. The van der Waals surface area contributed by atoms with Crippen LogP contribution in [0.4, 0.5) is 0 Å². The number of ketones is 1. The number of hydrogen-bond donors (Lipinski definition) is 0. The molecular formula is C26H31NO3. The summed E-state index contributed by atoms with van der Waals surface area (Å²) in [6.45, 7) is 10.9. The highest BCUT2D eigenvalue weighted by molar-refractivity contribution is 6.14. The fraction of sp³-hybridized carbons (Fsp3) is 0.346. The quantitative estimate of drug-likeness (QED) is 0.590. The van der Waals surface area contributed by atoms with Gasteiger partial charge in [-0.25, -0.2) is 0 Å². The second-order valence-corrected chi connectivity index (χ2v) is 7.67. The van der Waals surface area contributed by atoms with Gasteiger partial charge in [0.05, 0.1) is 13.2 Å². The Bertz CT molecular complexity index is 837. The molecule has 2 aromatic carbocycles. The van der Waals surface area contributed by atoms with Gasteiger partial charge < -0.3 is 9.47 Å². The van der Waals surface area contributed by atoms with Gasteiger partial charge in [0, 0.05) is 30.3 Å². The minimum atomic E-state index is 0.120. The Labute approximate surface area is 179 Å².